The van der Waals surface area contributed by atoms with Crippen molar-refractivity contribution in [3.8, 4) is 0 Å². The van der Waals surface area contributed by atoms with Crippen LogP contribution < -0.4 is 20.3 Å². The molecule has 0 aliphatic carbocycles. The molecule has 3 aromatic rings. The summed E-state index contributed by atoms with van der Waals surface area (Å²) in [5.74, 6) is -2.43. The van der Waals surface area contributed by atoms with Crippen LogP contribution in [0, 0.1) is 11.6 Å². The lowest BCUT2D eigenvalue weighted by molar-refractivity contribution is 0.0951. The van der Waals surface area contributed by atoms with Crippen LogP contribution in [0.3, 0.4) is 0 Å². The van der Waals surface area contributed by atoms with Gasteiger partial charge >= 0.3 is 0 Å². The number of nitrogens with zero attached hydrogens (tertiary/aromatic N) is 3. The van der Waals surface area contributed by atoms with E-state index in [2.05, 4.69) is 25.3 Å². The molecule has 14 heteroatoms. The fourth-order valence-electron chi connectivity index (χ4n) is 2.99. The Morgan fingerprint density at radius 1 is 1.18 bits per heavy atom. The van der Waals surface area contributed by atoms with E-state index in [1.807, 2.05) is 6.92 Å². The molecule has 0 fully saturated rings. The first-order chi connectivity index (χ1) is 16.3. The lowest BCUT2D eigenvalue weighted by Gasteiger charge is -2.16. The van der Waals surface area contributed by atoms with E-state index in [0.29, 0.717) is 39.6 Å². The number of thiol groups is 1. The minimum atomic E-state index is -3.35. The zero-order valence-corrected chi connectivity index (χ0v) is 20.3. The number of rotatable bonds is 11. The van der Waals surface area contributed by atoms with Crippen molar-refractivity contribution in [2.24, 2.45) is 0 Å². The molecule has 3 rings (SSSR count). The number of nitrogens with one attached hydrogen (secondary N) is 3. The van der Waals surface area contributed by atoms with Crippen molar-refractivity contribution in [1.82, 2.24) is 20.0 Å². The number of hydrogen-bond donors (Lipinski definition) is 4. The standard InChI is InChI=1S/C20H21ClF2N6O3S2/c1-2-24-5-6-25-17-8-13(21)3-4-14(17)19(30)26-10-12-7-16(23)18(9-15(12)22)29(34(31)32)20-27-11-28-33-20/h3-4,7-9,11,24-25,34H,2,5-6,10H2,1H3,(H,26,30). The third-order valence-electron chi connectivity index (χ3n) is 4.57. The summed E-state index contributed by atoms with van der Waals surface area (Å²) in [5, 5.41) is 9.11. The van der Waals surface area contributed by atoms with Gasteiger partial charge < -0.3 is 16.0 Å². The number of aromatic nitrogens is 2. The monoisotopic (exact) mass is 530 g/mol. The molecule has 0 atom stereocenters. The van der Waals surface area contributed by atoms with Gasteiger partial charge in [0.25, 0.3) is 5.91 Å². The minimum Gasteiger partial charge on any atom is -0.383 e. The molecule has 0 radical (unpaired) electrons. The fraction of sp³-hybridized carbons (Fsp3) is 0.250. The van der Waals surface area contributed by atoms with Crippen molar-refractivity contribution in [3.05, 3.63) is 64.4 Å². The average molecular weight is 531 g/mol. The molecule has 2 aromatic carbocycles. The first-order valence-corrected chi connectivity index (χ1v) is 12.3. The molecule has 0 saturated heterocycles. The second-order valence-electron chi connectivity index (χ2n) is 6.82. The van der Waals surface area contributed by atoms with Crippen molar-refractivity contribution in [2.75, 3.05) is 29.3 Å². The number of halogens is 3. The molecule has 1 heterocycles. The maximum absolute atomic E-state index is 14.7. The normalized spacial score (nSPS) is 11.0. The lowest BCUT2D eigenvalue weighted by atomic mass is 10.1. The SMILES string of the molecule is CCNCCNc1cc(Cl)ccc1C(=O)NCc1cc(F)c(N(c2ncns2)[SH](=O)=O)cc1F. The summed E-state index contributed by atoms with van der Waals surface area (Å²) in [4.78, 5) is 16.5. The zero-order chi connectivity index (χ0) is 24.7. The van der Waals surface area contributed by atoms with Crippen LogP contribution >= 0.6 is 23.1 Å². The van der Waals surface area contributed by atoms with E-state index in [1.165, 1.54) is 6.07 Å². The molecular weight excluding hydrogens is 510 g/mol. The van der Waals surface area contributed by atoms with Crippen LogP contribution in [0.25, 0.3) is 0 Å². The molecule has 182 valence electrons. The number of amides is 1. The Hall–Kier alpha value is -2.87. The summed E-state index contributed by atoms with van der Waals surface area (Å²) in [6, 6.07) is 6.24. The van der Waals surface area contributed by atoms with Gasteiger partial charge in [0.2, 0.25) is 16.0 Å². The van der Waals surface area contributed by atoms with E-state index in [-0.39, 0.29) is 22.8 Å². The highest BCUT2D eigenvalue weighted by atomic mass is 35.5. The Morgan fingerprint density at radius 3 is 2.65 bits per heavy atom. The van der Waals surface area contributed by atoms with E-state index in [0.717, 1.165) is 25.0 Å². The van der Waals surface area contributed by atoms with Gasteiger partial charge in [0, 0.05) is 53.5 Å². The molecule has 0 aliphatic heterocycles. The number of hydrogen-bond acceptors (Lipinski definition) is 8. The predicted octanol–water partition coefficient (Wildman–Crippen LogP) is 3.09. The molecule has 0 aliphatic rings. The molecule has 1 aromatic heterocycles. The molecule has 0 spiro atoms. The summed E-state index contributed by atoms with van der Waals surface area (Å²) in [6.45, 7) is 3.66. The number of benzene rings is 2. The van der Waals surface area contributed by atoms with E-state index < -0.39 is 34.1 Å². The summed E-state index contributed by atoms with van der Waals surface area (Å²) in [7, 11) is -3.35. The van der Waals surface area contributed by atoms with Crippen molar-refractivity contribution >= 4 is 56.4 Å². The largest absolute Gasteiger partial charge is 0.383 e. The van der Waals surface area contributed by atoms with Gasteiger partial charge in [-0.1, -0.05) is 18.5 Å². The summed E-state index contributed by atoms with van der Waals surface area (Å²) in [5.41, 5.74) is 0.0786. The minimum absolute atomic E-state index is 0.132. The van der Waals surface area contributed by atoms with Gasteiger partial charge in [0.05, 0.1) is 11.3 Å². The first kappa shape index (κ1) is 25.7. The molecule has 34 heavy (non-hydrogen) atoms. The maximum atomic E-state index is 14.7. The average Bonchev–Trinajstić information content (AvgIpc) is 3.32. The topological polar surface area (TPSA) is 116 Å². The van der Waals surface area contributed by atoms with Gasteiger partial charge in [-0.2, -0.15) is 4.37 Å². The summed E-state index contributed by atoms with van der Waals surface area (Å²) >= 11 is 6.75. The van der Waals surface area contributed by atoms with Gasteiger partial charge in [-0.3, -0.25) is 4.79 Å². The molecular formula is C20H21ClF2N6O3S2. The quantitative estimate of drug-likeness (QED) is 0.222. The third kappa shape index (κ3) is 6.38. The Balaban J connectivity index is 1.76. The van der Waals surface area contributed by atoms with Crippen LogP contribution in [0.15, 0.2) is 36.7 Å². The van der Waals surface area contributed by atoms with Crippen LogP contribution in [0.5, 0.6) is 0 Å². The Bertz CT molecular complexity index is 1220. The highest BCUT2D eigenvalue weighted by Gasteiger charge is 2.22. The molecule has 0 saturated carbocycles. The Labute approximate surface area is 205 Å². The van der Waals surface area contributed by atoms with Crippen molar-refractivity contribution in [1.29, 1.82) is 0 Å². The van der Waals surface area contributed by atoms with Crippen LogP contribution in [-0.4, -0.2) is 43.3 Å². The van der Waals surface area contributed by atoms with Gasteiger partial charge in [-0.25, -0.2) is 26.5 Å². The van der Waals surface area contributed by atoms with Gasteiger partial charge in [0.15, 0.2) is 0 Å². The highest BCUT2D eigenvalue weighted by Crippen LogP contribution is 2.30. The summed E-state index contributed by atoms with van der Waals surface area (Å²) in [6.07, 6.45) is 1.10. The first-order valence-electron chi connectivity index (χ1n) is 10.0. The van der Waals surface area contributed by atoms with E-state index in [9.17, 15) is 22.0 Å². The molecule has 9 nitrogen and oxygen atoms in total. The predicted molar refractivity (Wildman–Crippen MR) is 128 cm³/mol. The smallest absolute Gasteiger partial charge is 0.253 e. The molecule has 3 N–H and O–H groups in total. The fourth-order valence-corrected chi connectivity index (χ4v) is 4.45. The van der Waals surface area contributed by atoms with Crippen LogP contribution in [-0.2, 0) is 17.4 Å². The zero-order valence-electron chi connectivity index (χ0n) is 17.8. The van der Waals surface area contributed by atoms with Crippen molar-refractivity contribution in [3.63, 3.8) is 0 Å². The second kappa shape index (κ2) is 12.0. The van der Waals surface area contributed by atoms with Crippen molar-refractivity contribution < 1.29 is 22.0 Å². The number of likely N-dealkylation sites (N-methyl/N-ethyl adjacent to an activating group) is 1. The van der Waals surface area contributed by atoms with Crippen LogP contribution in [0.1, 0.15) is 22.8 Å². The van der Waals surface area contributed by atoms with E-state index in [4.69, 9.17) is 11.6 Å². The molecule has 0 unspecified atom stereocenters. The van der Waals surface area contributed by atoms with E-state index >= 15 is 0 Å². The Morgan fingerprint density at radius 2 is 1.97 bits per heavy atom. The van der Waals surface area contributed by atoms with Crippen molar-refractivity contribution in [2.45, 2.75) is 13.5 Å². The van der Waals surface area contributed by atoms with Crippen LogP contribution in [0.4, 0.5) is 25.3 Å². The number of carbonyl (C=O) groups is 1. The highest BCUT2D eigenvalue weighted by molar-refractivity contribution is 7.74. The van der Waals surface area contributed by atoms with E-state index in [1.54, 1.807) is 12.1 Å². The number of anilines is 3. The third-order valence-corrected chi connectivity index (χ3v) is 6.32. The number of carbonyl (C=O) groups excluding carboxylic acids is 1. The maximum Gasteiger partial charge on any atom is 0.253 e. The van der Waals surface area contributed by atoms with Gasteiger partial charge in [0.1, 0.15) is 18.0 Å². The second-order valence-corrected chi connectivity index (χ2v) is 8.89. The summed E-state index contributed by atoms with van der Waals surface area (Å²) < 4.78 is 56.9. The Kier molecular flexibility index (Phi) is 9.10. The van der Waals surface area contributed by atoms with Gasteiger partial charge in [-0.05, 0) is 30.8 Å². The molecule has 0 bridgehead atoms. The molecule has 1 amide bonds. The lowest BCUT2D eigenvalue weighted by Crippen LogP contribution is -2.26. The van der Waals surface area contributed by atoms with Gasteiger partial charge in [-0.15, -0.1) is 0 Å². The van der Waals surface area contributed by atoms with Crippen LogP contribution in [0.2, 0.25) is 5.02 Å².